The van der Waals surface area contributed by atoms with Gasteiger partial charge in [-0.25, -0.2) is 8.42 Å². The number of hydrogen-bond acceptors (Lipinski definition) is 7. The van der Waals surface area contributed by atoms with Crippen LogP contribution in [0.1, 0.15) is 25.2 Å². The molecule has 1 aromatic rings. The number of carbonyl (C=O) groups excluding carboxylic acids is 1. The molecule has 0 aliphatic carbocycles. The quantitative estimate of drug-likeness (QED) is 0.751. The molecule has 2 rings (SSSR count). The Morgan fingerprint density at radius 2 is 2.24 bits per heavy atom. The van der Waals surface area contributed by atoms with E-state index in [2.05, 4.69) is 9.89 Å². The average Bonchev–Trinajstić information content (AvgIpc) is 2.78. The van der Waals surface area contributed by atoms with Crippen molar-refractivity contribution in [2.75, 3.05) is 20.2 Å². The molecular weight excluding hydrogens is 296 g/mol. The molecule has 0 saturated carbocycles. The molecule has 1 atom stereocenters. The fraction of sp³-hybridized carbons (Fsp3) is 0.692. The maximum Gasteiger partial charge on any atom is 0.325 e. The van der Waals surface area contributed by atoms with Gasteiger partial charge >= 0.3 is 5.97 Å². The molecule has 1 fully saturated rings. The summed E-state index contributed by atoms with van der Waals surface area (Å²) in [6.45, 7) is 6.00. The van der Waals surface area contributed by atoms with Crippen LogP contribution in [0, 0.1) is 6.92 Å². The van der Waals surface area contributed by atoms with Crippen LogP contribution >= 0.6 is 0 Å². The average molecular weight is 316 g/mol. The molecule has 0 radical (unpaired) electrons. The van der Waals surface area contributed by atoms with E-state index in [0.717, 1.165) is 5.56 Å². The molecule has 0 amide bonds. The molecule has 2 heterocycles. The summed E-state index contributed by atoms with van der Waals surface area (Å²) >= 11 is 0. The van der Waals surface area contributed by atoms with Gasteiger partial charge in [0.15, 0.2) is 15.1 Å². The van der Waals surface area contributed by atoms with Gasteiger partial charge in [0.25, 0.3) is 0 Å². The van der Waals surface area contributed by atoms with E-state index >= 15 is 0 Å². The van der Waals surface area contributed by atoms with Crippen LogP contribution in [0.5, 0.6) is 0 Å². The normalized spacial score (nSPS) is 24.7. The van der Waals surface area contributed by atoms with Gasteiger partial charge < -0.3 is 9.26 Å². The highest BCUT2D eigenvalue weighted by atomic mass is 32.2. The number of aryl methyl sites for hydroxylation is 1. The van der Waals surface area contributed by atoms with Crippen molar-refractivity contribution in [2.45, 2.75) is 37.3 Å². The van der Waals surface area contributed by atoms with Gasteiger partial charge in [-0.3, -0.25) is 9.69 Å². The van der Waals surface area contributed by atoms with Crippen LogP contribution in [0.3, 0.4) is 0 Å². The molecule has 8 heteroatoms. The molecule has 1 saturated heterocycles. The van der Waals surface area contributed by atoms with E-state index in [1.165, 1.54) is 7.11 Å². The van der Waals surface area contributed by atoms with E-state index < -0.39 is 25.8 Å². The maximum atomic E-state index is 12.5. The minimum atomic E-state index is -3.59. The molecule has 0 bridgehead atoms. The first-order chi connectivity index (χ1) is 9.69. The Kier molecular flexibility index (Phi) is 4.12. The number of sulfone groups is 1. The Hall–Kier alpha value is -1.41. The monoisotopic (exact) mass is 316 g/mol. The van der Waals surface area contributed by atoms with Gasteiger partial charge in [0.2, 0.25) is 0 Å². The molecule has 21 heavy (non-hydrogen) atoms. The van der Waals surface area contributed by atoms with Crippen molar-refractivity contribution in [1.82, 2.24) is 10.1 Å². The van der Waals surface area contributed by atoms with Crippen LogP contribution < -0.4 is 0 Å². The third kappa shape index (κ3) is 2.82. The fourth-order valence-electron chi connectivity index (χ4n) is 2.58. The summed E-state index contributed by atoms with van der Waals surface area (Å²) in [7, 11) is -2.39. The van der Waals surface area contributed by atoms with E-state index in [1.54, 1.807) is 27.0 Å². The molecule has 1 aromatic heterocycles. The first-order valence-electron chi connectivity index (χ1n) is 6.63. The smallest absolute Gasteiger partial charge is 0.325 e. The van der Waals surface area contributed by atoms with Crippen molar-refractivity contribution in [3.05, 3.63) is 17.5 Å². The third-order valence-corrected chi connectivity index (χ3v) is 6.64. The van der Waals surface area contributed by atoms with Crippen LogP contribution in [-0.2, 0) is 25.9 Å². The Balaban J connectivity index is 2.27. The Bertz CT molecular complexity index is 635. The van der Waals surface area contributed by atoms with Crippen molar-refractivity contribution in [2.24, 2.45) is 0 Å². The van der Waals surface area contributed by atoms with Gasteiger partial charge in [-0.15, -0.1) is 0 Å². The lowest BCUT2D eigenvalue weighted by Gasteiger charge is -2.40. The van der Waals surface area contributed by atoms with Gasteiger partial charge in [-0.05, 0) is 20.8 Å². The SMILES string of the molecule is COC(=O)C1CN(Cc2cnoc2C)CC(C)(C)S1(=O)=O. The van der Waals surface area contributed by atoms with Crippen LogP contribution in [0.25, 0.3) is 0 Å². The summed E-state index contributed by atoms with van der Waals surface area (Å²) in [5.74, 6) is -0.0225. The van der Waals surface area contributed by atoms with E-state index in [4.69, 9.17) is 4.52 Å². The minimum absolute atomic E-state index is 0.114. The fourth-order valence-corrected chi connectivity index (χ4v) is 4.46. The molecule has 7 nitrogen and oxygen atoms in total. The number of hydrogen-bond donors (Lipinski definition) is 0. The predicted octanol–water partition coefficient (Wildman–Crippen LogP) is 0.534. The Labute approximate surface area is 124 Å². The number of nitrogens with zero attached hydrogens (tertiary/aromatic N) is 2. The highest BCUT2D eigenvalue weighted by Gasteiger charge is 2.50. The summed E-state index contributed by atoms with van der Waals surface area (Å²) in [6.07, 6.45) is 1.61. The first kappa shape index (κ1) is 16.0. The standard InChI is InChI=1S/C13H20N2O5S/c1-9-10(5-14-20-9)6-15-7-11(12(16)19-4)21(17,18)13(2,3)8-15/h5,11H,6-8H2,1-4H3. The number of carbonyl (C=O) groups is 1. The second-order valence-corrected chi connectivity index (χ2v) is 8.66. The minimum Gasteiger partial charge on any atom is -0.468 e. The van der Waals surface area contributed by atoms with E-state index in [9.17, 15) is 13.2 Å². The van der Waals surface area contributed by atoms with Gasteiger partial charge in [-0.2, -0.15) is 0 Å². The van der Waals surface area contributed by atoms with E-state index in [1.807, 2.05) is 4.90 Å². The Morgan fingerprint density at radius 1 is 1.57 bits per heavy atom. The highest BCUT2D eigenvalue weighted by molar-refractivity contribution is 7.94. The van der Waals surface area contributed by atoms with Crippen LogP contribution in [-0.4, -0.2) is 54.6 Å². The van der Waals surface area contributed by atoms with Gasteiger partial charge in [0.05, 0.1) is 18.1 Å². The molecule has 1 aliphatic heterocycles. The van der Waals surface area contributed by atoms with Crippen molar-refractivity contribution >= 4 is 15.8 Å². The summed E-state index contributed by atoms with van der Waals surface area (Å²) in [4.78, 5) is 13.7. The summed E-state index contributed by atoms with van der Waals surface area (Å²) in [5.41, 5.74) is 0.883. The van der Waals surface area contributed by atoms with Crippen molar-refractivity contribution in [1.29, 1.82) is 0 Å². The summed E-state index contributed by atoms with van der Waals surface area (Å²) < 4.78 is 33.6. The number of aromatic nitrogens is 1. The van der Waals surface area contributed by atoms with E-state index in [0.29, 0.717) is 18.8 Å². The summed E-state index contributed by atoms with van der Waals surface area (Å²) in [6, 6.07) is 0. The molecule has 118 valence electrons. The van der Waals surface area contributed by atoms with Crippen LogP contribution in [0.15, 0.2) is 10.7 Å². The summed E-state index contributed by atoms with van der Waals surface area (Å²) in [5, 5.41) is 2.55. The number of rotatable bonds is 3. The maximum absolute atomic E-state index is 12.5. The number of esters is 1. The van der Waals surface area contributed by atoms with Crippen molar-refractivity contribution < 1.29 is 22.5 Å². The highest BCUT2D eigenvalue weighted by Crippen LogP contribution is 2.30. The zero-order valence-electron chi connectivity index (χ0n) is 12.6. The largest absolute Gasteiger partial charge is 0.468 e. The molecule has 1 aliphatic rings. The topological polar surface area (TPSA) is 89.7 Å². The van der Waals surface area contributed by atoms with Gasteiger partial charge in [0, 0.05) is 25.2 Å². The molecule has 0 N–H and O–H groups in total. The predicted molar refractivity (Wildman–Crippen MR) is 75.3 cm³/mol. The van der Waals surface area contributed by atoms with E-state index in [-0.39, 0.29) is 6.54 Å². The lowest BCUT2D eigenvalue weighted by Crippen LogP contribution is -2.59. The lowest BCUT2D eigenvalue weighted by molar-refractivity contribution is -0.140. The Morgan fingerprint density at radius 3 is 2.76 bits per heavy atom. The number of ether oxygens (including phenoxy) is 1. The number of methoxy groups -OCH3 is 1. The zero-order valence-corrected chi connectivity index (χ0v) is 13.4. The second-order valence-electron chi connectivity index (χ2n) is 5.89. The van der Waals surface area contributed by atoms with Gasteiger partial charge in [0.1, 0.15) is 5.76 Å². The van der Waals surface area contributed by atoms with Crippen LogP contribution in [0.4, 0.5) is 0 Å². The molecular formula is C13H20N2O5S. The molecule has 0 spiro atoms. The second kappa shape index (κ2) is 5.42. The molecule has 1 unspecified atom stereocenters. The first-order valence-corrected chi connectivity index (χ1v) is 8.17. The zero-order chi connectivity index (χ0) is 15.8. The lowest BCUT2D eigenvalue weighted by atomic mass is 10.1. The van der Waals surface area contributed by atoms with Crippen LogP contribution in [0.2, 0.25) is 0 Å². The van der Waals surface area contributed by atoms with Crippen molar-refractivity contribution in [3.8, 4) is 0 Å². The molecule has 0 aromatic carbocycles. The van der Waals surface area contributed by atoms with Crippen molar-refractivity contribution in [3.63, 3.8) is 0 Å². The van der Waals surface area contributed by atoms with Gasteiger partial charge in [-0.1, -0.05) is 5.16 Å². The third-order valence-electron chi connectivity index (χ3n) is 3.88.